The third-order valence-electron chi connectivity index (χ3n) is 5.55. The average Bonchev–Trinajstić information content (AvgIpc) is 2.93. The third-order valence-corrected chi connectivity index (χ3v) is 21.1. The molecule has 2 radical (unpaired) electrons. The van der Waals surface area contributed by atoms with Crippen LogP contribution in [0, 0.1) is 0 Å². The van der Waals surface area contributed by atoms with E-state index in [0.717, 1.165) is 0 Å². The number of hydrogen-bond donors (Lipinski definition) is 0. The van der Waals surface area contributed by atoms with Crippen LogP contribution in [-0.4, -0.2) is 95.6 Å². The Labute approximate surface area is 266 Å². The Morgan fingerprint density at radius 3 is 0.651 bits per heavy atom. The van der Waals surface area contributed by atoms with Gasteiger partial charge in [0.1, 0.15) is 24.6 Å². The fourth-order valence-corrected chi connectivity index (χ4v) is 20.6. The fraction of sp³-hybridized carbons (Fsp3) is 1.00. The minimum Gasteiger partial charge on any atom is -0.631 e. The van der Waals surface area contributed by atoms with E-state index in [4.69, 9.17) is 40.3 Å². The topological polar surface area (TPSA) is 175 Å². The van der Waals surface area contributed by atoms with Crippen LogP contribution in [0.25, 0.3) is 0 Å². The molecule has 0 spiro atoms. The molecular formula is C24H56O13P4Si2. The largest absolute Gasteiger partial charge is 0.631 e. The monoisotopic (exact) mass is 732 g/mol. The summed E-state index contributed by atoms with van der Waals surface area (Å²) in [7, 11) is -17.1. The van der Waals surface area contributed by atoms with Gasteiger partial charge >= 0.3 is 0 Å². The molecule has 0 atom stereocenters. The molecule has 0 rings (SSSR count). The Bertz CT molecular complexity index is 563. The van der Waals surface area contributed by atoms with Gasteiger partial charge in [0.05, 0.1) is 52.9 Å². The van der Waals surface area contributed by atoms with E-state index in [2.05, 4.69) is 0 Å². The molecule has 0 heterocycles. The Balaban J connectivity index is 6.14. The molecule has 0 amide bonds. The molecule has 0 aliphatic heterocycles. The van der Waals surface area contributed by atoms with E-state index in [1.807, 2.05) is 0 Å². The lowest BCUT2D eigenvalue weighted by molar-refractivity contribution is -0.219. The molecule has 0 aromatic heterocycles. The molecule has 0 fully saturated rings. The maximum absolute atomic E-state index is 13.3. The van der Waals surface area contributed by atoms with Crippen LogP contribution in [0.1, 0.15) is 55.4 Å². The van der Waals surface area contributed by atoms with Gasteiger partial charge in [-0.15, -0.1) is 0 Å². The molecule has 0 unspecified atom stereocenters. The molecule has 0 aromatic carbocycles. The van der Waals surface area contributed by atoms with Crippen LogP contribution >= 0.6 is 31.8 Å². The predicted octanol–water partition coefficient (Wildman–Crippen LogP) is 3.77. The molecule has 258 valence electrons. The van der Waals surface area contributed by atoms with Crippen molar-refractivity contribution in [1.29, 1.82) is 0 Å². The van der Waals surface area contributed by atoms with Gasteiger partial charge in [0.2, 0.25) is 49.9 Å². The highest BCUT2D eigenvalue weighted by Gasteiger charge is 2.39. The highest BCUT2D eigenvalue weighted by molar-refractivity contribution is 7.60. The second-order valence-corrected chi connectivity index (χ2v) is 22.6. The third kappa shape index (κ3) is 19.9. The zero-order valence-corrected chi connectivity index (χ0v) is 33.0. The van der Waals surface area contributed by atoms with Crippen LogP contribution in [-0.2, 0) is 40.3 Å². The molecule has 0 bridgehead atoms. The van der Waals surface area contributed by atoms with Gasteiger partial charge in [-0.1, -0.05) is 0 Å². The van der Waals surface area contributed by atoms with E-state index in [9.17, 15) is 19.6 Å². The molecule has 0 aromatic rings. The second kappa shape index (κ2) is 24.7. The minimum atomic E-state index is -3.37. The van der Waals surface area contributed by atoms with Crippen LogP contribution in [0.2, 0.25) is 24.2 Å². The predicted molar refractivity (Wildman–Crippen MR) is 172 cm³/mol. The zero-order chi connectivity index (χ0) is 32.8. The van der Waals surface area contributed by atoms with Gasteiger partial charge in [-0.2, -0.15) is 0 Å². The minimum absolute atomic E-state index is 0.123. The van der Waals surface area contributed by atoms with Crippen molar-refractivity contribution in [2.75, 3.05) is 77.5 Å². The van der Waals surface area contributed by atoms with Crippen LogP contribution in [0.15, 0.2) is 0 Å². The fourth-order valence-electron chi connectivity index (χ4n) is 3.94. The smallest absolute Gasteiger partial charge is 0.237 e. The standard InChI is InChI=1S/C24H56O13P4Si2/c1-9-29-38(25,30-10-2)17-21-42(22-18-39(26,31-11-3)32-12-4)37-43(23-19-40(27,33-13-5)34-14-6)24-20-41(28,35-15-7)36-16-8/h9-24H2,1-8H3. The highest BCUT2D eigenvalue weighted by Crippen LogP contribution is 2.57. The summed E-state index contributed by atoms with van der Waals surface area (Å²) in [6.07, 6.45) is 0.494. The lowest BCUT2D eigenvalue weighted by atomic mass is 10.9. The van der Waals surface area contributed by atoms with Crippen molar-refractivity contribution in [1.82, 2.24) is 0 Å². The first-order valence-corrected chi connectivity index (χ1v) is 25.8. The van der Waals surface area contributed by atoms with Crippen LogP contribution < -0.4 is 19.6 Å². The van der Waals surface area contributed by atoms with Gasteiger partial charge < -0.3 is 23.7 Å². The first-order valence-electron chi connectivity index (χ1n) is 15.2. The van der Waals surface area contributed by atoms with Gasteiger partial charge in [-0.05, 0) is 55.4 Å². The maximum atomic E-state index is 13.3. The maximum Gasteiger partial charge on any atom is 0.237 e. The number of hydrogen-bond acceptors (Lipinski definition) is 13. The SMILES string of the molecule is CCO[P+]([O-])(CC[Si](CC[P+]([O-])(OCC)OCC)O[Si](CC[P+]([O-])(OCC)OCC)CC[P+]([O-])(OCC)OCC)OCC. The molecule has 0 aliphatic rings. The van der Waals surface area contributed by atoms with E-state index in [1.165, 1.54) is 0 Å². The second-order valence-electron chi connectivity index (χ2n) is 8.86. The summed E-state index contributed by atoms with van der Waals surface area (Å²) < 4.78 is 50.7. The van der Waals surface area contributed by atoms with Gasteiger partial charge in [0, 0.05) is 24.2 Å². The van der Waals surface area contributed by atoms with Crippen LogP contribution in [0.4, 0.5) is 0 Å². The van der Waals surface area contributed by atoms with Crippen LogP contribution in [0.3, 0.4) is 0 Å². The summed E-state index contributed by atoms with van der Waals surface area (Å²) >= 11 is 0. The molecule has 0 N–H and O–H groups in total. The number of rotatable bonds is 30. The van der Waals surface area contributed by atoms with E-state index in [-0.39, 0.29) is 77.5 Å². The first-order chi connectivity index (χ1) is 20.3. The highest BCUT2D eigenvalue weighted by atomic mass is 31.2. The van der Waals surface area contributed by atoms with Gasteiger partial charge in [-0.25, -0.2) is 36.2 Å². The van der Waals surface area contributed by atoms with Crippen molar-refractivity contribution in [3.05, 3.63) is 0 Å². The molecular weight excluding hydrogens is 676 g/mol. The molecule has 19 heteroatoms. The summed E-state index contributed by atoms with van der Waals surface area (Å²) in [5.74, 6) is 0. The Hall–Kier alpha value is 1.63. The summed E-state index contributed by atoms with van der Waals surface area (Å²) in [5.41, 5.74) is 0. The summed E-state index contributed by atoms with van der Waals surface area (Å²) in [5, 5.41) is 0. The van der Waals surface area contributed by atoms with Crippen molar-refractivity contribution in [2.24, 2.45) is 0 Å². The quantitative estimate of drug-likeness (QED) is 0.0772. The van der Waals surface area contributed by atoms with E-state index >= 15 is 0 Å². The summed E-state index contributed by atoms with van der Waals surface area (Å²) in [6, 6.07) is 1.49. The van der Waals surface area contributed by atoms with E-state index in [0.29, 0.717) is 24.2 Å². The Morgan fingerprint density at radius 2 is 0.512 bits per heavy atom. The Kier molecular flexibility index (Phi) is 25.7. The summed E-state index contributed by atoms with van der Waals surface area (Å²) in [6.45, 7) is 15.8. The molecule has 0 saturated heterocycles. The van der Waals surface area contributed by atoms with Crippen LogP contribution in [0.5, 0.6) is 0 Å². The Morgan fingerprint density at radius 1 is 0.349 bits per heavy atom. The van der Waals surface area contributed by atoms with Crippen molar-refractivity contribution in [3.63, 3.8) is 0 Å². The van der Waals surface area contributed by atoms with Crippen molar-refractivity contribution in [2.45, 2.75) is 79.6 Å². The van der Waals surface area contributed by atoms with Gasteiger partial charge in [0.15, 0.2) is 0 Å². The molecule has 43 heavy (non-hydrogen) atoms. The lowest BCUT2D eigenvalue weighted by Crippen LogP contribution is -2.36. The average molecular weight is 733 g/mol. The van der Waals surface area contributed by atoms with E-state index < -0.39 is 49.9 Å². The first kappa shape index (κ1) is 44.6. The molecule has 0 saturated carbocycles. The lowest BCUT2D eigenvalue weighted by Gasteiger charge is -2.32. The normalized spacial score (nSPS) is 13.5. The van der Waals surface area contributed by atoms with Crippen molar-refractivity contribution in [3.8, 4) is 0 Å². The zero-order valence-electron chi connectivity index (χ0n) is 27.4. The van der Waals surface area contributed by atoms with Gasteiger partial charge in [-0.3, -0.25) is 0 Å². The van der Waals surface area contributed by atoms with E-state index in [1.54, 1.807) is 55.4 Å². The summed E-state index contributed by atoms with van der Waals surface area (Å²) in [4.78, 5) is 53.2. The van der Waals surface area contributed by atoms with Gasteiger partial charge in [0.25, 0.3) is 0 Å². The van der Waals surface area contributed by atoms with Crippen molar-refractivity contribution >= 4 is 49.9 Å². The van der Waals surface area contributed by atoms with Crippen molar-refractivity contribution < 1.29 is 59.9 Å². The molecule has 0 aliphatic carbocycles. The molecule has 13 nitrogen and oxygen atoms in total.